The summed E-state index contributed by atoms with van der Waals surface area (Å²) in [5, 5.41) is 0.160. The molecule has 0 unspecified atom stereocenters. The van der Waals surface area contributed by atoms with Gasteiger partial charge in [0.25, 0.3) is 0 Å². The number of Topliss-reactive ketones (excluding diaryl/α,β-unsaturated/α-hetero) is 1. The first-order valence-corrected chi connectivity index (χ1v) is 13.0. The highest BCUT2D eigenvalue weighted by molar-refractivity contribution is 7.89. The Morgan fingerprint density at radius 3 is 2.40 bits per heavy atom. The normalized spacial score (nSPS) is 20.9. The van der Waals surface area contributed by atoms with Crippen LogP contribution in [0.25, 0.3) is 0 Å². The van der Waals surface area contributed by atoms with E-state index in [0.717, 1.165) is 32.1 Å². The van der Waals surface area contributed by atoms with Gasteiger partial charge in [-0.25, -0.2) is 12.8 Å². The van der Waals surface area contributed by atoms with Gasteiger partial charge in [-0.3, -0.25) is 9.69 Å². The van der Waals surface area contributed by atoms with Crippen LogP contribution >= 0.6 is 11.6 Å². The molecule has 2 aliphatic rings. The average molecular weight is 459 g/mol. The van der Waals surface area contributed by atoms with Crippen LogP contribution in [-0.4, -0.2) is 60.9 Å². The number of carbonyl (C=O) groups is 1. The number of halogens is 2. The van der Waals surface area contributed by atoms with Crippen LogP contribution in [0.1, 0.15) is 68.6 Å². The minimum absolute atomic E-state index is 0.0610. The fraction of sp³-hybridized carbons (Fsp3) is 0.682. The smallest absolute Gasteiger partial charge is 0.214 e. The van der Waals surface area contributed by atoms with Crippen molar-refractivity contribution in [3.05, 3.63) is 34.6 Å². The van der Waals surface area contributed by atoms with E-state index in [-0.39, 0.29) is 22.1 Å². The molecule has 1 saturated heterocycles. The Morgan fingerprint density at radius 1 is 1.13 bits per heavy atom. The zero-order valence-corrected chi connectivity index (χ0v) is 19.3. The Balaban J connectivity index is 1.67. The molecule has 168 valence electrons. The van der Waals surface area contributed by atoms with E-state index in [1.165, 1.54) is 24.6 Å². The van der Waals surface area contributed by atoms with E-state index in [1.54, 1.807) is 4.31 Å². The number of piperazine rings is 1. The summed E-state index contributed by atoms with van der Waals surface area (Å²) in [6.45, 7) is 4.32. The molecule has 0 radical (unpaired) electrons. The number of rotatable bonds is 8. The third-order valence-corrected chi connectivity index (χ3v) is 8.99. The van der Waals surface area contributed by atoms with Crippen LogP contribution in [0.5, 0.6) is 0 Å². The molecule has 1 aliphatic carbocycles. The fourth-order valence-corrected chi connectivity index (χ4v) is 6.72. The molecule has 0 N–H and O–H groups in total. The highest BCUT2D eigenvalue weighted by Crippen LogP contribution is 2.39. The van der Waals surface area contributed by atoms with Gasteiger partial charge in [0.05, 0.1) is 10.8 Å². The van der Waals surface area contributed by atoms with Crippen LogP contribution in [0.3, 0.4) is 0 Å². The maximum absolute atomic E-state index is 13.3. The van der Waals surface area contributed by atoms with Crippen molar-refractivity contribution >= 4 is 27.4 Å². The van der Waals surface area contributed by atoms with E-state index in [0.29, 0.717) is 44.6 Å². The van der Waals surface area contributed by atoms with Crippen LogP contribution in [0, 0.1) is 5.82 Å². The predicted octanol–water partition coefficient (Wildman–Crippen LogP) is 4.50. The van der Waals surface area contributed by atoms with Gasteiger partial charge in [0.15, 0.2) is 5.78 Å². The van der Waals surface area contributed by atoms with E-state index in [9.17, 15) is 17.6 Å². The Morgan fingerprint density at radius 2 is 1.80 bits per heavy atom. The Kier molecular flexibility index (Phi) is 7.93. The zero-order chi connectivity index (χ0) is 21.8. The largest absolute Gasteiger partial charge is 0.295 e. The van der Waals surface area contributed by atoms with E-state index in [2.05, 4.69) is 4.90 Å². The molecular formula is C22H32ClFN2O3S. The summed E-state index contributed by atoms with van der Waals surface area (Å²) in [7, 11) is -3.17. The highest BCUT2D eigenvalue weighted by Gasteiger charge is 2.40. The van der Waals surface area contributed by atoms with Gasteiger partial charge in [-0.15, -0.1) is 0 Å². The first-order valence-electron chi connectivity index (χ1n) is 11.0. The highest BCUT2D eigenvalue weighted by atomic mass is 35.5. The fourth-order valence-electron chi connectivity index (χ4n) is 4.96. The van der Waals surface area contributed by atoms with Gasteiger partial charge < -0.3 is 0 Å². The van der Waals surface area contributed by atoms with Crippen molar-refractivity contribution in [3.8, 4) is 0 Å². The SMILES string of the molecule is CCCS(=O)(=O)N1CCN(C2(CCC(=O)c3ccc(F)cc3Cl)CCCCC2)CC1. The lowest BCUT2D eigenvalue weighted by Gasteiger charge is -2.50. The molecule has 0 bridgehead atoms. The molecule has 1 heterocycles. The summed E-state index contributed by atoms with van der Waals surface area (Å²) in [6, 6.07) is 3.91. The van der Waals surface area contributed by atoms with Gasteiger partial charge in [-0.05, 0) is 43.9 Å². The molecule has 0 aromatic heterocycles. The molecule has 3 rings (SSSR count). The lowest BCUT2D eigenvalue weighted by molar-refractivity contribution is 0.0165. The van der Waals surface area contributed by atoms with Gasteiger partial charge in [-0.1, -0.05) is 37.8 Å². The number of hydrogen-bond donors (Lipinski definition) is 0. The lowest BCUT2D eigenvalue weighted by Crippen LogP contribution is -2.58. The van der Waals surface area contributed by atoms with Crippen LogP contribution in [0.15, 0.2) is 18.2 Å². The minimum atomic E-state index is -3.17. The first kappa shape index (κ1) is 23.6. The molecule has 8 heteroatoms. The van der Waals surface area contributed by atoms with Gasteiger partial charge in [0.2, 0.25) is 10.0 Å². The molecule has 1 saturated carbocycles. The van der Waals surface area contributed by atoms with Gasteiger partial charge >= 0.3 is 0 Å². The van der Waals surface area contributed by atoms with Crippen molar-refractivity contribution in [2.45, 2.75) is 63.8 Å². The van der Waals surface area contributed by atoms with Gasteiger partial charge in [-0.2, -0.15) is 4.31 Å². The molecule has 2 fully saturated rings. The van der Waals surface area contributed by atoms with Crippen LogP contribution in [0.4, 0.5) is 4.39 Å². The van der Waals surface area contributed by atoms with E-state index in [4.69, 9.17) is 11.6 Å². The second-order valence-corrected chi connectivity index (χ2v) is 11.0. The van der Waals surface area contributed by atoms with E-state index < -0.39 is 15.8 Å². The number of carbonyl (C=O) groups excluding carboxylic acids is 1. The second-order valence-electron chi connectivity index (χ2n) is 8.53. The molecule has 0 atom stereocenters. The molecule has 5 nitrogen and oxygen atoms in total. The summed E-state index contributed by atoms with van der Waals surface area (Å²) in [6.07, 6.45) is 7.21. The zero-order valence-electron chi connectivity index (χ0n) is 17.7. The molecular weight excluding hydrogens is 427 g/mol. The third-order valence-electron chi connectivity index (χ3n) is 6.60. The van der Waals surface area contributed by atoms with Crippen molar-refractivity contribution in [1.82, 2.24) is 9.21 Å². The quantitative estimate of drug-likeness (QED) is 0.538. The Labute approximate surface area is 184 Å². The summed E-state index contributed by atoms with van der Waals surface area (Å²) < 4.78 is 39.7. The van der Waals surface area contributed by atoms with Gasteiger partial charge in [0.1, 0.15) is 5.82 Å². The molecule has 1 aliphatic heterocycles. The maximum atomic E-state index is 13.3. The van der Waals surface area contributed by atoms with Crippen molar-refractivity contribution < 1.29 is 17.6 Å². The summed E-state index contributed by atoms with van der Waals surface area (Å²) in [4.78, 5) is 15.2. The minimum Gasteiger partial charge on any atom is -0.295 e. The molecule has 30 heavy (non-hydrogen) atoms. The summed E-state index contributed by atoms with van der Waals surface area (Å²) >= 11 is 6.08. The number of hydrogen-bond acceptors (Lipinski definition) is 4. The molecule has 0 amide bonds. The predicted molar refractivity (Wildman–Crippen MR) is 118 cm³/mol. The Hall–Kier alpha value is -1.02. The van der Waals surface area contributed by atoms with Gasteiger partial charge in [0, 0.05) is 43.7 Å². The number of nitrogens with zero attached hydrogens (tertiary/aromatic N) is 2. The molecule has 0 spiro atoms. The summed E-state index contributed by atoms with van der Waals surface area (Å²) in [5.41, 5.74) is 0.306. The number of ketones is 1. The van der Waals surface area contributed by atoms with Crippen LogP contribution < -0.4 is 0 Å². The van der Waals surface area contributed by atoms with Crippen molar-refractivity contribution in [3.63, 3.8) is 0 Å². The first-order chi connectivity index (χ1) is 14.3. The summed E-state index contributed by atoms with van der Waals surface area (Å²) in [5.74, 6) is -0.309. The topological polar surface area (TPSA) is 57.7 Å². The standard InChI is InChI=1S/C22H32ClFN2O3S/c1-2-16-30(28,29)26-14-12-25(13-15-26)22(9-4-3-5-10-22)11-8-21(27)19-7-6-18(24)17-20(19)23/h6-7,17H,2-5,8-16H2,1H3. The van der Waals surface area contributed by atoms with Crippen molar-refractivity contribution in [1.29, 1.82) is 0 Å². The van der Waals surface area contributed by atoms with Crippen LogP contribution in [0.2, 0.25) is 5.02 Å². The monoisotopic (exact) mass is 458 g/mol. The van der Waals surface area contributed by atoms with Crippen molar-refractivity contribution in [2.75, 3.05) is 31.9 Å². The maximum Gasteiger partial charge on any atom is 0.214 e. The second kappa shape index (κ2) is 10.1. The number of sulfonamides is 1. The molecule has 1 aromatic rings. The molecule has 1 aromatic carbocycles. The Bertz CT molecular complexity index is 848. The van der Waals surface area contributed by atoms with E-state index >= 15 is 0 Å². The van der Waals surface area contributed by atoms with Crippen molar-refractivity contribution in [2.24, 2.45) is 0 Å². The number of benzene rings is 1. The third kappa shape index (κ3) is 5.42. The van der Waals surface area contributed by atoms with E-state index in [1.807, 2.05) is 6.92 Å². The average Bonchev–Trinajstić information content (AvgIpc) is 2.73. The lowest BCUT2D eigenvalue weighted by atomic mass is 9.76. The van der Waals surface area contributed by atoms with Crippen LogP contribution in [-0.2, 0) is 10.0 Å².